The van der Waals surface area contributed by atoms with Crippen molar-refractivity contribution < 1.29 is 0 Å². The average Bonchev–Trinajstić information content (AvgIpc) is 2.42. The Morgan fingerprint density at radius 2 is 1.65 bits per heavy atom. The molecule has 0 aliphatic heterocycles. The molecule has 1 N–H and O–H groups in total. The summed E-state index contributed by atoms with van der Waals surface area (Å²) in [4.78, 5) is 8.75. The summed E-state index contributed by atoms with van der Waals surface area (Å²) in [5.41, 5.74) is 3.03. The molecule has 20 heavy (non-hydrogen) atoms. The van der Waals surface area contributed by atoms with Gasteiger partial charge < -0.3 is 5.32 Å². The van der Waals surface area contributed by atoms with Gasteiger partial charge in [0.05, 0.1) is 11.4 Å². The summed E-state index contributed by atoms with van der Waals surface area (Å²) < 4.78 is 0. The zero-order valence-electron chi connectivity index (χ0n) is 12.4. The molecule has 106 valence electrons. The molecule has 2 rings (SSSR count). The van der Waals surface area contributed by atoms with Crippen molar-refractivity contribution in [3.8, 4) is 0 Å². The topological polar surface area (TPSA) is 37.8 Å². The number of nitrogens with zero attached hydrogens (tertiary/aromatic N) is 2. The van der Waals surface area contributed by atoms with Gasteiger partial charge in [0.1, 0.15) is 0 Å². The van der Waals surface area contributed by atoms with Gasteiger partial charge in [0.15, 0.2) is 11.0 Å². The van der Waals surface area contributed by atoms with Gasteiger partial charge in [0.2, 0.25) is 0 Å². The highest BCUT2D eigenvalue weighted by molar-refractivity contribution is 6.31. The summed E-state index contributed by atoms with van der Waals surface area (Å²) in [5, 5.41) is 3.74. The first kappa shape index (κ1) is 14.8. The van der Waals surface area contributed by atoms with E-state index >= 15 is 0 Å². The first-order valence-electron chi connectivity index (χ1n) is 6.70. The van der Waals surface area contributed by atoms with Crippen LogP contribution in [0.2, 0.25) is 5.15 Å². The quantitative estimate of drug-likeness (QED) is 0.919. The third-order valence-corrected chi connectivity index (χ3v) is 3.78. The van der Waals surface area contributed by atoms with Gasteiger partial charge in [-0.1, -0.05) is 55.8 Å². The minimum absolute atomic E-state index is 0.00887. The number of halogens is 1. The van der Waals surface area contributed by atoms with Crippen LogP contribution in [0.4, 0.5) is 5.82 Å². The van der Waals surface area contributed by atoms with E-state index < -0.39 is 0 Å². The summed E-state index contributed by atoms with van der Waals surface area (Å²) in [6.07, 6.45) is 0. The molecule has 0 spiro atoms. The van der Waals surface area contributed by atoms with Crippen LogP contribution in [0.15, 0.2) is 30.3 Å². The predicted molar refractivity (Wildman–Crippen MR) is 84.5 cm³/mol. The third kappa shape index (κ3) is 3.28. The van der Waals surface area contributed by atoms with Crippen molar-refractivity contribution in [1.82, 2.24) is 9.97 Å². The van der Waals surface area contributed by atoms with Gasteiger partial charge in [-0.05, 0) is 19.4 Å². The number of nitrogens with one attached hydrogen (secondary N) is 1. The van der Waals surface area contributed by atoms with E-state index in [2.05, 4.69) is 53.4 Å². The van der Waals surface area contributed by atoms with E-state index in [1.807, 2.05) is 19.9 Å². The summed E-state index contributed by atoms with van der Waals surface area (Å²) in [5.74, 6) is 0.652. The molecule has 0 atom stereocenters. The number of benzene rings is 1. The lowest BCUT2D eigenvalue weighted by molar-refractivity contribution is 0.556. The molecule has 0 fully saturated rings. The van der Waals surface area contributed by atoms with Crippen LogP contribution in [0.1, 0.15) is 30.8 Å². The lowest BCUT2D eigenvalue weighted by Crippen LogP contribution is -2.28. The van der Waals surface area contributed by atoms with Gasteiger partial charge in [-0.25, -0.2) is 9.97 Å². The summed E-state index contributed by atoms with van der Waals surface area (Å²) in [6, 6.07) is 10.4. The van der Waals surface area contributed by atoms with Gasteiger partial charge in [-0.15, -0.1) is 0 Å². The zero-order valence-corrected chi connectivity index (χ0v) is 13.1. The molecule has 0 radical (unpaired) electrons. The Balaban J connectivity index is 2.14. The highest BCUT2D eigenvalue weighted by Gasteiger charge is 2.21. The zero-order chi connectivity index (χ0) is 14.8. The molecule has 1 aromatic carbocycles. The molecule has 0 amide bonds. The maximum absolute atomic E-state index is 6.14. The molecule has 0 bridgehead atoms. The van der Waals surface area contributed by atoms with Crippen molar-refractivity contribution in [2.24, 2.45) is 0 Å². The smallest absolute Gasteiger partial charge is 0.171 e. The number of anilines is 1. The van der Waals surface area contributed by atoms with Crippen LogP contribution in [0.25, 0.3) is 0 Å². The summed E-state index contributed by atoms with van der Waals surface area (Å²) >= 11 is 6.14. The van der Waals surface area contributed by atoms with Gasteiger partial charge in [0.25, 0.3) is 0 Å². The maximum atomic E-state index is 6.14. The fourth-order valence-electron chi connectivity index (χ4n) is 1.98. The highest BCUT2D eigenvalue weighted by Crippen LogP contribution is 2.25. The third-order valence-electron chi connectivity index (χ3n) is 3.52. The Kier molecular flexibility index (Phi) is 4.29. The number of hydrogen-bond acceptors (Lipinski definition) is 3. The van der Waals surface area contributed by atoms with Crippen molar-refractivity contribution >= 4 is 17.4 Å². The second kappa shape index (κ2) is 5.80. The van der Waals surface area contributed by atoms with Crippen LogP contribution < -0.4 is 5.32 Å². The Morgan fingerprint density at radius 3 is 2.30 bits per heavy atom. The molecular formula is C16H20ClN3. The van der Waals surface area contributed by atoms with Gasteiger partial charge in [-0.3, -0.25) is 0 Å². The second-order valence-electron chi connectivity index (χ2n) is 5.64. The van der Waals surface area contributed by atoms with Gasteiger partial charge >= 0.3 is 0 Å². The Bertz CT molecular complexity index is 594. The Morgan fingerprint density at radius 1 is 1.05 bits per heavy atom. The molecular weight excluding hydrogens is 270 g/mol. The van der Waals surface area contributed by atoms with Crippen LogP contribution in [0.3, 0.4) is 0 Å². The van der Waals surface area contributed by atoms with E-state index in [9.17, 15) is 0 Å². The van der Waals surface area contributed by atoms with E-state index in [0.717, 1.165) is 17.9 Å². The molecule has 0 saturated heterocycles. The molecule has 0 aliphatic carbocycles. The minimum Gasteiger partial charge on any atom is -0.367 e. The normalized spacial score (nSPS) is 11.4. The lowest BCUT2D eigenvalue weighted by Gasteiger charge is -2.26. The van der Waals surface area contributed by atoms with Crippen LogP contribution in [-0.2, 0) is 5.41 Å². The lowest BCUT2D eigenvalue weighted by atomic mass is 9.85. The summed E-state index contributed by atoms with van der Waals surface area (Å²) in [7, 11) is 0. The van der Waals surface area contributed by atoms with E-state index in [1.54, 1.807) is 0 Å². The second-order valence-corrected chi connectivity index (χ2v) is 6.00. The largest absolute Gasteiger partial charge is 0.367 e. The first-order chi connectivity index (χ1) is 9.40. The standard InChI is InChI=1S/C16H20ClN3/c1-11-12(2)20-15(14(17)19-11)18-10-16(3,4)13-8-6-5-7-9-13/h5-9H,10H2,1-4H3,(H,18,20). The first-order valence-corrected chi connectivity index (χ1v) is 7.08. The van der Waals surface area contributed by atoms with Crippen LogP contribution >= 0.6 is 11.6 Å². The SMILES string of the molecule is Cc1nc(Cl)c(NCC(C)(C)c2ccccc2)nc1C. The van der Waals surface area contributed by atoms with Crippen molar-refractivity contribution in [3.63, 3.8) is 0 Å². The van der Waals surface area contributed by atoms with E-state index in [-0.39, 0.29) is 5.41 Å². The molecule has 4 heteroatoms. The van der Waals surface area contributed by atoms with Crippen molar-refractivity contribution in [1.29, 1.82) is 0 Å². The van der Waals surface area contributed by atoms with Crippen LogP contribution in [0.5, 0.6) is 0 Å². The number of aryl methyl sites for hydroxylation is 2. The van der Waals surface area contributed by atoms with Crippen molar-refractivity contribution in [2.45, 2.75) is 33.1 Å². The van der Waals surface area contributed by atoms with Crippen molar-refractivity contribution in [2.75, 3.05) is 11.9 Å². The van der Waals surface area contributed by atoms with E-state index in [1.165, 1.54) is 5.56 Å². The molecule has 0 unspecified atom stereocenters. The monoisotopic (exact) mass is 289 g/mol. The fraction of sp³-hybridized carbons (Fsp3) is 0.375. The van der Waals surface area contributed by atoms with Crippen molar-refractivity contribution in [3.05, 3.63) is 52.4 Å². The van der Waals surface area contributed by atoms with Crippen LogP contribution in [0, 0.1) is 13.8 Å². The Hall–Kier alpha value is -1.61. The predicted octanol–water partition coefficient (Wildman–Crippen LogP) is 4.14. The molecule has 1 aromatic heterocycles. The van der Waals surface area contributed by atoms with Gasteiger partial charge in [0, 0.05) is 12.0 Å². The molecule has 0 saturated carbocycles. The summed E-state index contributed by atoms with van der Waals surface area (Å²) in [6.45, 7) is 8.97. The van der Waals surface area contributed by atoms with Gasteiger partial charge in [-0.2, -0.15) is 0 Å². The maximum Gasteiger partial charge on any atom is 0.171 e. The minimum atomic E-state index is -0.00887. The molecule has 1 heterocycles. The average molecular weight is 290 g/mol. The number of hydrogen-bond donors (Lipinski definition) is 1. The van der Waals surface area contributed by atoms with E-state index in [4.69, 9.17) is 11.6 Å². The molecule has 2 aromatic rings. The molecule has 3 nitrogen and oxygen atoms in total. The molecule has 0 aliphatic rings. The van der Waals surface area contributed by atoms with E-state index in [0.29, 0.717) is 11.0 Å². The fourth-order valence-corrected chi connectivity index (χ4v) is 2.22. The Labute approximate surface area is 125 Å². The van der Waals surface area contributed by atoms with Crippen LogP contribution in [-0.4, -0.2) is 16.5 Å². The highest BCUT2D eigenvalue weighted by atomic mass is 35.5. The number of rotatable bonds is 4. The number of aromatic nitrogens is 2.